The molecule has 13 heteroatoms. The Kier molecular flexibility index (Phi) is 8.15. The van der Waals surface area contributed by atoms with Crippen molar-refractivity contribution in [3.8, 4) is 0 Å². The van der Waals surface area contributed by atoms with Gasteiger partial charge in [-0.15, -0.1) is 5.10 Å². The first kappa shape index (κ1) is 25.4. The Balaban J connectivity index is 1.62. The SMILES string of the molecule is CC(C)[C@@H](NC(=O)c1cccc([N+](=O)[O-])c1)c1nc(SCC(=O)Nc2cccc(C(=O)O)c2)n[nH]1. The molecule has 0 saturated heterocycles. The molecule has 0 aliphatic rings. The fraction of sp³-hybridized carbons (Fsp3) is 0.227. The lowest BCUT2D eigenvalue weighted by Gasteiger charge is -2.19. The number of thioether (sulfide) groups is 1. The highest BCUT2D eigenvalue weighted by Crippen LogP contribution is 2.23. The number of hydrogen-bond acceptors (Lipinski definition) is 8. The Bertz CT molecular complexity index is 1260. The van der Waals surface area contributed by atoms with Gasteiger partial charge in [0.25, 0.3) is 11.6 Å². The number of nitrogens with zero attached hydrogens (tertiary/aromatic N) is 3. The summed E-state index contributed by atoms with van der Waals surface area (Å²) in [5.74, 6) is -1.71. The van der Waals surface area contributed by atoms with Crippen molar-refractivity contribution in [2.45, 2.75) is 25.0 Å². The number of nitro benzene ring substituents is 1. The van der Waals surface area contributed by atoms with Crippen LogP contribution in [0.25, 0.3) is 0 Å². The Hall–Kier alpha value is -4.26. The summed E-state index contributed by atoms with van der Waals surface area (Å²) in [6.07, 6.45) is 0. The zero-order valence-corrected chi connectivity index (χ0v) is 19.5. The summed E-state index contributed by atoms with van der Waals surface area (Å²) >= 11 is 1.06. The number of carbonyl (C=O) groups excluding carboxylic acids is 2. The average molecular weight is 499 g/mol. The molecule has 3 aromatic rings. The number of benzene rings is 2. The highest BCUT2D eigenvalue weighted by Gasteiger charge is 2.24. The normalized spacial score (nSPS) is 11.6. The highest BCUT2D eigenvalue weighted by molar-refractivity contribution is 7.99. The van der Waals surface area contributed by atoms with Crippen molar-refractivity contribution < 1.29 is 24.4 Å². The number of amides is 2. The maximum atomic E-state index is 12.7. The van der Waals surface area contributed by atoms with Gasteiger partial charge in [0.15, 0.2) is 0 Å². The number of anilines is 1. The number of hydrogen-bond donors (Lipinski definition) is 4. The van der Waals surface area contributed by atoms with E-state index in [0.717, 1.165) is 11.8 Å². The third kappa shape index (κ3) is 6.86. The molecule has 0 aliphatic carbocycles. The standard InChI is InChI=1S/C22H22N6O6S/c1-12(2)18(24-20(30)13-5-4-8-16(10-13)28(33)34)19-25-22(27-26-19)35-11-17(29)23-15-7-3-6-14(9-15)21(31)32/h3-10,12,18H,11H2,1-2H3,(H,23,29)(H,24,30)(H,31,32)(H,25,26,27)/t18-/m1/s1. The van der Waals surface area contributed by atoms with Crippen LogP contribution in [-0.2, 0) is 4.79 Å². The number of carboxylic acids is 1. The summed E-state index contributed by atoms with van der Waals surface area (Å²) in [6, 6.07) is 10.7. The van der Waals surface area contributed by atoms with E-state index in [1.165, 1.54) is 42.5 Å². The lowest BCUT2D eigenvalue weighted by molar-refractivity contribution is -0.384. The van der Waals surface area contributed by atoms with Crippen LogP contribution in [0.15, 0.2) is 53.7 Å². The average Bonchev–Trinajstić information content (AvgIpc) is 3.29. The Morgan fingerprint density at radius 1 is 1.14 bits per heavy atom. The van der Waals surface area contributed by atoms with E-state index in [2.05, 4.69) is 25.8 Å². The van der Waals surface area contributed by atoms with Gasteiger partial charge < -0.3 is 15.7 Å². The van der Waals surface area contributed by atoms with Crippen LogP contribution in [-0.4, -0.2) is 48.7 Å². The Labute approximate surface area is 203 Å². The molecule has 2 aromatic carbocycles. The van der Waals surface area contributed by atoms with Crippen LogP contribution in [0.3, 0.4) is 0 Å². The van der Waals surface area contributed by atoms with E-state index in [4.69, 9.17) is 5.11 Å². The van der Waals surface area contributed by atoms with Gasteiger partial charge in [-0.05, 0) is 30.2 Å². The maximum absolute atomic E-state index is 12.7. The van der Waals surface area contributed by atoms with Crippen LogP contribution in [0.4, 0.5) is 11.4 Å². The number of carbonyl (C=O) groups is 3. The van der Waals surface area contributed by atoms with Crippen LogP contribution >= 0.6 is 11.8 Å². The van der Waals surface area contributed by atoms with Crippen LogP contribution in [0, 0.1) is 16.0 Å². The van der Waals surface area contributed by atoms with Crippen molar-refractivity contribution in [2.24, 2.45) is 5.92 Å². The van der Waals surface area contributed by atoms with E-state index in [1.54, 1.807) is 6.07 Å². The molecule has 0 fully saturated rings. The van der Waals surface area contributed by atoms with Gasteiger partial charge in [-0.2, -0.15) is 0 Å². The van der Waals surface area contributed by atoms with Crippen molar-refractivity contribution in [3.63, 3.8) is 0 Å². The van der Waals surface area contributed by atoms with Crippen molar-refractivity contribution in [2.75, 3.05) is 11.1 Å². The number of non-ortho nitro benzene ring substituents is 1. The monoisotopic (exact) mass is 498 g/mol. The van der Waals surface area contributed by atoms with Crippen LogP contribution < -0.4 is 10.6 Å². The van der Waals surface area contributed by atoms with Gasteiger partial charge in [0.05, 0.1) is 22.3 Å². The van der Waals surface area contributed by atoms with Gasteiger partial charge in [0, 0.05) is 23.4 Å². The molecule has 0 unspecified atom stereocenters. The molecule has 0 spiro atoms. The molecular weight excluding hydrogens is 476 g/mol. The summed E-state index contributed by atoms with van der Waals surface area (Å²) in [5.41, 5.74) is 0.364. The molecule has 0 saturated carbocycles. The topological polar surface area (TPSA) is 180 Å². The summed E-state index contributed by atoms with van der Waals surface area (Å²) in [4.78, 5) is 50.7. The first-order chi connectivity index (χ1) is 16.6. The third-order valence-electron chi connectivity index (χ3n) is 4.77. The molecule has 12 nitrogen and oxygen atoms in total. The summed E-state index contributed by atoms with van der Waals surface area (Å²) in [6.45, 7) is 3.73. The molecule has 182 valence electrons. The number of rotatable bonds is 10. The van der Waals surface area contributed by atoms with E-state index in [0.29, 0.717) is 11.5 Å². The third-order valence-corrected chi connectivity index (χ3v) is 5.62. The van der Waals surface area contributed by atoms with Gasteiger partial charge in [-0.3, -0.25) is 24.8 Å². The minimum absolute atomic E-state index is 0.0268. The van der Waals surface area contributed by atoms with E-state index >= 15 is 0 Å². The molecule has 4 N–H and O–H groups in total. The maximum Gasteiger partial charge on any atom is 0.335 e. The fourth-order valence-corrected chi connectivity index (χ4v) is 3.66. The van der Waals surface area contributed by atoms with Crippen molar-refractivity contribution in [3.05, 3.63) is 75.6 Å². The number of aromatic carboxylic acids is 1. The zero-order valence-electron chi connectivity index (χ0n) is 18.7. The molecule has 0 aliphatic heterocycles. The summed E-state index contributed by atoms with van der Waals surface area (Å²) in [5, 5.41) is 32.6. The second-order valence-electron chi connectivity index (χ2n) is 7.73. The molecule has 1 aromatic heterocycles. The first-order valence-corrected chi connectivity index (χ1v) is 11.4. The van der Waals surface area contributed by atoms with Crippen LogP contribution in [0.2, 0.25) is 0 Å². The van der Waals surface area contributed by atoms with Gasteiger partial charge >= 0.3 is 5.97 Å². The minimum Gasteiger partial charge on any atom is -0.478 e. The number of nitro groups is 1. The lowest BCUT2D eigenvalue weighted by Crippen LogP contribution is -2.32. The van der Waals surface area contributed by atoms with E-state index in [-0.39, 0.29) is 39.5 Å². The van der Waals surface area contributed by atoms with E-state index in [1.807, 2.05) is 13.8 Å². The first-order valence-electron chi connectivity index (χ1n) is 10.4. The van der Waals surface area contributed by atoms with Crippen molar-refractivity contribution in [1.29, 1.82) is 0 Å². The van der Waals surface area contributed by atoms with E-state index < -0.39 is 22.8 Å². The summed E-state index contributed by atoms with van der Waals surface area (Å²) in [7, 11) is 0. The molecule has 35 heavy (non-hydrogen) atoms. The quantitative estimate of drug-likeness (QED) is 0.185. The minimum atomic E-state index is -1.10. The van der Waals surface area contributed by atoms with Crippen molar-refractivity contribution in [1.82, 2.24) is 20.5 Å². The second-order valence-corrected chi connectivity index (χ2v) is 8.67. The Morgan fingerprint density at radius 2 is 1.86 bits per heavy atom. The highest BCUT2D eigenvalue weighted by atomic mass is 32.2. The van der Waals surface area contributed by atoms with Gasteiger partial charge in [-0.25, -0.2) is 9.78 Å². The van der Waals surface area contributed by atoms with Crippen LogP contribution in [0.5, 0.6) is 0 Å². The largest absolute Gasteiger partial charge is 0.478 e. The number of nitrogens with one attached hydrogen (secondary N) is 3. The molecule has 2 amide bonds. The van der Waals surface area contributed by atoms with Gasteiger partial charge in [-0.1, -0.05) is 37.7 Å². The van der Waals surface area contributed by atoms with Crippen molar-refractivity contribution >= 4 is 40.9 Å². The predicted molar refractivity (Wildman–Crippen MR) is 127 cm³/mol. The smallest absolute Gasteiger partial charge is 0.335 e. The molecular formula is C22H22N6O6S. The fourth-order valence-electron chi connectivity index (χ4n) is 3.05. The second kappa shape index (κ2) is 11.2. The van der Waals surface area contributed by atoms with Gasteiger partial charge in [0.2, 0.25) is 11.1 Å². The van der Waals surface area contributed by atoms with Crippen LogP contribution in [0.1, 0.15) is 46.4 Å². The molecule has 1 heterocycles. The molecule has 3 rings (SSSR count). The number of carboxylic acid groups (broad SMARTS) is 1. The van der Waals surface area contributed by atoms with E-state index in [9.17, 15) is 24.5 Å². The molecule has 1 atom stereocenters. The molecule has 0 radical (unpaired) electrons. The zero-order chi connectivity index (χ0) is 25.5. The number of aromatic amines is 1. The summed E-state index contributed by atoms with van der Waals surface area (Å²) < 4.78 is 0. The Morgan fingerprint density at radius 3 is 2.54 bits per heavy atom. The predicted octanol–water partition coefficient (Wildman–Crippen LogP) is 3.27. The number of H-pyrrole nitrogens is 1. The van der Waals surface area contributed by atoms with Gasteiger partial charge in [0.1, 0.15) is 5.82 Å². The lowest BCUT2D eigenvalue weighted by atomic mass is 10.0. The number of aromatic nitrogens is 3. The molecule has 0 bridgehead atoms.